The number of rotatable bonds is 3. The second kappa shape index (κ2) is 5.04. The number of carbonyl (C=O) groups is 1. The molecule has 2 aromatic rings. The summed E-state index contributed by atoms with van der Waals surface area (Å²) in [7, 11) is -3.82. The zero-order valence-corrected chi connectivity index (χ0v) is 12.9. The van der Waals surface area contributed by atoms with Gasteiger partial charge in [0.1, 0.15) is 6.04 Å². The Bertz CT molecular complexity index is 799. The Balaban J connectivity index is 2.08. The van der Waals surface area contributed by atoms with Crippen molar-refractivity contribution in [1.29, 1.82) is 0 Å². The van der Waals surface area contributed by atoms with Gasteiger partial charge in [0, 0.05) is 6.04 Å². The highest BCUT2D eigenvalue weighted by molar-refractivity contribution is 7.89. The minimum absolute atomic E-state index is 0.124. The quantitative estimate of drug-likeness (QED) is 0.931. The summed E-state index contributed by atoms with van der Waals surface area (Å²) >= 11 is 1.36. The number of carboxylic acids is 1. The van der Waals surface area contributed by atoms with Gasteiger partial charge in [-0.25, -0.2) is 13.4 Å². The zero-order valence-electron chi connectivity index (χ0n) is 11.3. The van der Waals surface area contributed by atoms with Crippen molar-refractivity contribution in [2.45, 2.75) is 36.7 Å². The lowest BCUT2D eigenvalue weighted by Gasteiger charge is -2.25. The van der Waals surface area contributed by atoms with E-state index in [1.54, 1.807) is 24.6 Å². The van der Waals surface area contributed by atoms with E-state index in [1.807, 2.05) is 0 Å². The number of fused-ring (bicyclic) bond motifs is 1. The van der Waals surface area contributed by atoms with Crippen LogP contribution in [-0.2, 0) is 14.8 Å². The fraction of sp³-hybridized carbons (Fsp3) is 0.385. The average Bonchev–Trinajstić information content (AvgIpc) is 3.03. The molecule has 0 saturated carbocycles. The lowest BCUT2D eigenvalue weighted by Crippen LogP contribution is -2.43. The molecular formula is C13H14N2O4S2. The van der Waals surface area contributed by atoms with Crippen molar-refractivity contribution in [1.82, 2.24) is 9.29 Å². The van der Waals surface area contributed by atoms with Gasteiger partial charge >= 0.3 is 5.97 Å². The molecule has 0 spiro atoms. The molecular weight excluding hydrogens is 312 g/mol. The number of hydrogen-bond donors (Lipinski definition) is 1. The maximum absolute atomic E-state index is 12.8. The van der Waals surface area contributed by atoms with Crippen LogP contribution in [0, 0.1) is 0 Å². The molecule has 1 saturated heterocycles. The summed E-state index contributed by atoms with van der Waals surface area (Å²) in [4.78, 5) is 15.5. The first-order valence-electron chi connectivity index (χ1n) is 6.51. The van der Waals surface area contributed by atoms with Gasteiger partial charge in [-0.15, -0.1) is 11.3 Å². The summed E-state index contributed by atoms with van der Waals surface area (Å²) in [6.07, 6.45) is 0.900. The normalized spacial score (nSPS) is 23.7. The van der Waals surface area contributed by atoms with Gasteiger partial charge in [-0.1, -0.05) is 0 Å². The highest BCUT2D eigenvalue weighted by Crippen LogP contribution is 2.32. The van der Waals surface area contributed by atoms with Crippen molar-refractivity contribution in [3.05, 3.63) is 23.7 Å². The van der Waals surface area contributed by atoms with Gasteiger partial charge in [0.15, 0.2) is 0 Å². The zero-order chi connectivity index (χ0) is 15.2. The van der Waals surface area contributed by atoms with Crippen molar-refractivity contribution >= 4 is 37.5 Å². The molecule has 1 N–H and O–H groups in total. The molecule has 1 fully saturated rings. The van der Waals surface area contributed by atoms with Crippen molar-refractivity contribution in [2.75, 3.05) is 0 Å². The highest BCUT2D eigenvalue weighted by Gasteiger charge is 2.43. The van der Waals surface area contributed by atoms with E-state index in [0.29, 0.717) is 12.8 Å². The molecule has 1 aliphatic rings. The van der Waals surface area contributed by atoms with Crippen LogP contribution in [-0.4, -0.2) is 40.9 Å². The van der Waals surface area contributed by atoms with Gasteiger partial charge in [-0.3, -0.25) is 4.79 Å². The van der Waals surface area contributed by atoms with Crippen LogP contribution in [0.2, 0.25) is 0 Å². The first-order valence-corrected chi connectivity index (χ1v) is 8.83. The lowest BCUT2D eigenvalue weighted by molar-refractivity contribution is -0.140. The minimum atomic E-state index is -3.82. The van der Waals surface area contributed by atoms with E-state index < -0.39 is 22.0 Å². The van der Waals surface area contributed by atoms with E-state index in [9.17, 15) is 18.3 Å². The molecule has 1 aromatic heterocycles. The fourth-order valence-electron chi connectivity index (χ4n) is 2.72. The van der Waals surface area contributed by atoms with Crippen molar-refractivity contribution in [3.8, 4) is 0 Å². The smallest absolute Gasteiger partial charge is 0.322 e. The van der Waals surface area contributed by atoms with Crippen molar-refractivity contribution in [2.24, 2.45) is 0 Å². The minimum Gasteiger partial charge on any atom is -0.480 e. The van der Waals surface area contributed by atoms with Crippen molar-refractivity contribution < 1.29 is 18.3 Å². The third-order valence-electron chi connectivity index (χ3n) is 3.76. The number of carboxylic acid groups (broad SMARTS) is 1. The topological polar surface area (TPSA) is 87.6 Å². The van der Waals surface area contributed by atoms with Gasteiger partial charge in [-0.05, 0) is 38.0 Å². The van der Waals surface area contributed by atoms with Crippen LogP contribution in [0.1, 0.15) is 19.8 Å². The van der Waals surface area contributed by atoms with Crippen LogP contribution in [0.3, 0.4) is 0 Å². The largest absolute Gasteiger partial charge is 0.480 e. The first-order chi connectivity index (χ1) is 9.91. The van der Waals surface area contributed by atoms with Crippen LogP contribution in [0.25, 0.3) is 10.2 Å². The fourth-order valence-corrected chi connectivity index (χ4v) is 5.37. The van der Waals surface area contributed by atoms with Gasteiger partial charge in [-0.2, -0.15) is 4.31 Å². The van der Waals surface area contributed by atoms with Crippen LogP contribution >= 0.6 is 11.3 Å². The molecule has 1 aliphatic heterocycles. The molecule has 3 rings (SSSR count). The maximum atomic E-state index is 12.8. The number of benzene rings is 1. The van der Waals surface area contributed by atoms with E-state index in [1.165, 1.54) is 17.4 Å². The molecule has 6 nitrogen and oxygen atoms in total. The van der Waals surface area contributed by atoms with E-state index in [-0.39, 0.29) is 10.9 Å². The average molecular weight is 326 g/mol. The molecule has 1 aromatic carbocycles. The Morgan fingerprint density at radius 1 is 1.43 bits per heavy atom. The lowest BCUT2D eigenvalue weighted by atomic mass is 10.2. The number of sulfonamides is 1. The molecule has 0 amide bonds. The maximum Gasteiger partial charge on any atom is 0.322 e. The third kappa shape index (κ3) is 2.33. The summed E-state index contributed by atoms with van der Waals surface area (Å²) in [5.74, 6) is -1.10. The van der Waals surface area contributed by atoms with Crippen molar-refractivity contribution in [3.63, 3.8) is 0 Å². The number of thiazole rings is 1. The van der Waals surface area contributed by atoms with E-state index >= 15 is 0 Å². The molecule has 2 heterocycles. The van der Waals surface area contributed by atoms with Gasteiger partial charge < -0.3 is 5.11 Å². The molecule has 0 bridgehead atoms. The molecule has 0 radical (unpaired) electrons. The Morgan fingerprint density at radius 3 is 2.90 bits per heavy atom. The van der Waals surface area contributed by atoms with E-state index in [2.05, 4.69) is 4.98 Å². The van der Waals surface area contributed by atoms with Gasteiger partial charge in [0.05, 0.1) is 20.6 Å². The van der Waals surface area contributed by atoms with Gasteiger partial charge in [0.25, 0.3) is 0 Å². The summed E-state index contributed by atoms with van der Waals surface area (Å²) in [6.45, 7) is 1.74. The highest BCUT2D eigenvalue weighted by atomic mass is 32.2. The predicted molar refractivity (Wildman–Crippen MR) is 78.8 cm³/mol. The van der Waals surface area contributed by atoms with E-state index in [0.717, 1.165) is 14.5 Å². The summed E-state index contributed by atoms with van der Waals surface area (Å²) < 4.78 is 27.4. The van der Waals surface area contributed by atoms with Crippen LogP contribution < -0.4 is 0 Å². The second-order valence-electron chi connectivity index (χ2n) is 5.10. The summed E-state index contributed by atoms with van der Waals surface area (Å²) in [5.41, 5.74) is 2.39. The predicted octanol–water partition coefficient (Wildman–Crippen LogP) is 1.92. The summed E-state index contributed by atoms with van der Waals surface area (Å²) in [6, 6.07) is 3.40. The monoisotopic (exact) mass is 326 g/mol. The Labute approximate surface area is 126 Å². The molecule has 0 unspecified atom stereocenters. The Kier molecular flexibility index (Phi) is 3.46. The third-order valence-corrected chi connectivity index (χ3v) is 6.57. The van der Waals surface area contributed by atoms with E-state index in [4.69, 9.17) is 0 Å². The van der Waals surface area contributed by atoms with Crippen LogP contribution in [0.15, 0.2) is 28.6 Å². The number of aromatic nitrogens is 1. The molecule has 0 aliphatic carbocycles. The Morgan fingerprint density at radius 2 is 2.19 bits per heavy atom. The number of hydrogen-bond acceptors (Lipinski definition) is 5. The number of nitrogens with zero attached hydrogens (tertiary/aromatic N) is 2. The molecule has 2 atom stereocenters. The summed E-state index contributed by atoms with van der Waals surface area (Å²) in [5, 5.41) is 9.24. The molecule has 21 heavy (non-hydrogen) atoms. The van der Waals surface area contributed by atoms with Crippen LogP contribution in [0.4, 0.5) is 0 Å². The molecule has 112 valence electrons. The Hall–Kier alpha value is -1.51. The van der Waals surface area contributed by atoms with Gasteiger partial charge in [0.2, 0.25) is 10.0 Å². The standard InChI is InChI=1S/C13H14N2O4S2/c1-8-2-5-11(13(16)17)15(8)21(18,19)9-3-4-10-12(6-9)20-7-14-10/h3-4,6-8,11H,2,5H2,1H3,(H,16,17)/t8-,11-/m1/s1. The first kappa shape index (κ1) is 14.4. The number of aliphatic carboxylic acids is 1. The second-order valence-corrected chi connectivity index (χ2v) is 7.83. The molecule has 8 heteroatoms. The van der Waals surface area contributed by atoms with Crippen LogP contribution in [0.5, 0.6) is 0 Å². The SMILES string of the molecule is C[C@@H]1CC[C@H](C(=O)O)N1S(=O)(=O)c1ccc2ncsc2c1.